The van der Waals surface area contributed by atoms with Gasteiger partial charge < -0.3 is 9.84 Å². The Hall–Kier alpha value is -3.02. The number of hydrogen-bond acceptors (Lipinski definition) is 3. The first-order chi connectivity index (χ1) is 11.0. The molecule has 23 heavy (non-hydrogen) atoms. The van der Waals surface area contributed by atoms with Crippen LogP contribution in [0.2, 0.25) is 0 Å². The molecule has 2 aromatic carbocycles. The lowest BCUT2D eigenvalue weighted by Crippen LogP contribution is -2.13. The maximum atomic E-state index is 13.4. The van der Waals surface area contributed by atoms with Gasteiger partial charge in [0.1, 0.15) is 28.7 Å². The van der Waals surface area contributed by atoms with Crippen LogP contribution >= 0.6 is 0 Å². The molecule has 3 rings (SSSR count). The molecule has 0 fully saturated rings. The number of hydrogen-bond donors (Lipinski definition) is 1. The van der Waals surface area contributed by atoms with Gasteiger partial charge in [-0.3, -0.25) is 4.79 Å². The lowest BCUT2D eigenvalue weighted by molar-refractivity contribution is 0.102. The van der Waals surface area contributed by atoms with E-state index in [0.29, 0.717) is 17.0 Å². The highest BCUT2D eigenvalue weighted by atomic mass is 19.1. The zero-order valence-corrected chi connectivity index (χ0v) is 12.1. The van der Waals surface area contributed by atoms with Crippen LogP contribution in [0, 0.1) is 18.6 Å². The SMILES string of the molecule is Cc1onc(-c2cccc(F)c2)c1C(=O)Nc1ccc(F)cc1. The molecule has 1 aromatic heterocycles. The van der Waals surface area contributed by atoms with E-state index >= 15 is 0 Å². The molecule has 116 valence electrons. The van der Waals surface area contributed by atoms with Crippen molar-refractivity contribution >= 4 is 11.6 Å². The highest BCUT2D eigenvalue weighted by Gasteiger charge is 2.22. The predicted molar refractivity (Wildman–Crippen MR) is 81.0 cm³/mol. The Bertz CT molecular complexity index is 857. The highest BCUT2D eigenvalue weighted by Crippen LogP contribution is 2.26. The van der Waals surface area contributed by atoms with Crippen LogP contribution in [-0.2, 0) is 0 Å². The van der Waals surface area contributed by atoms with Gasteiger partial charge in [0, 0.05) is 11.3 Å². The largest absolute Gasteiger partial charge is 0.360 e. The van der Waals surface area contributed by atoms with E-state index in [-0.39, 0.29) is 11.3 Å². The van der Waals surface area contributed by atoms with Crippen molar-refractivity contribution in [3.05, 3.63) is 71.5 Å². The van der Waals surface area contributed by atoms with Crippen molar-refractivity contribution in [3.63, 3.8) is 0 Å². The van der Waals surface area contributed by atoms with Gasteiger partial charge >= 0.3 is 0 Å². The number of aryl methyl sites for hydroxylation is 1. The molecule has 0 atom stereocenters. The van der Waals surface area contributed by atoms with E-state index in [4.69, 9.17) is 4.52 Å². The van der Waals surface area contributed by atoms with Crippen molar-refractivity contribution < 1.29 is 18.1 Å². The minimum absolute atomic E-state index is 0.208. The molecule has 0 spiro atoms. The van der Waals surface area contributed by atoms with Crippen LogP contribution in [0.4, 0.5) is 14.5 Å². The lowest BCUT2D eigenvalue weighted by Gasteiger charge is -2.06. The Kier molecular flexibility index (Phi) is 3.89. The Morgan fingerprint density at radius 2 is 1.83 bits per heavy atom. The van der Waals surface area contributed by atoms with Crippen molar-refractivity contribution in [1.82, 2.24) is 5.16 Å². The lowest BCUT2D eigenvalue weighted by atomic mass is 10.1. The number of benzene rings is 2. The number of anilines is 1. The molecule has 4 nitrogen and oxygen atoms in total. The van der Waals surface area contributed by atoms with Crippen molar-refractivity contribution in [2.45, 2.75) is 6.92 Å². The van der Waals surface area contributed by atoms with Crippen molar-refractivity contribution in [2.75, 3.05) is 5.32 Å². The van der Waals surface area contributed by atoms with Crippen molar-refractivity contribution in [1.29, 1.82) is 0 Å². The number of nitrogens with zero attached hydrogens (tertiary/aromatic N) is 1. The van der Waals surface area contributed by atoms with Gasteiger partial charge in [-0.15, -0.1) is 0 Å². The number of nitrogens with one attached hydrogen (secondary N) is 1. The van der Waals surface area contributed by atoms with Crippen LogP contribution in [-0.4, -0.2) is 11.1 Å². The third kappa shape index (κ3) is 3.11. The second-order valence-electron chi connectivity index (χ2n) is 4.93. The minimum atomic E-state index is -0.463. The second kappa shape index (κ2) is 6.00. The molecule has 0 aliphatic rings. The molecule has 3 aromatic rings. The summed E-state index contributed by atoms with van der Waals surface area (Å²) < 4.78 is 31.4. The van der Waals surface area contributed by atoms with E-state index in [1.165, 1.54) is 42.5 Å². The second-order valence-corrected chi connectivity index (χ2v) is 4.93. The van der Waals surface area contributed by atoms with Crippen LogP contribution in [0.1, 0.15) is 16.1 Å². The molecule has 1 heterocycles. The summed E-state index contributed by atoms with van der Waals surface area (Å²) in [4.78, 5) is 12.5. The van der Waals surface area contributed by atoms with E-state index in [2.05, 4.69) is 10.5 Å². The van der Waals surface area contributed by atoms with E-state index in [9.17, 15) is 13.6 Å². The Balaban J connectivity index is 1.95. The van der Waals surface area contributed by atoms with Crippen LogP contribution in [0.3, 0.4) is 0 Å². The fraction of sp³-hybridized carbons (Fsp3) is 0.0588. The van der Waals surface area contributed by atoms with Gasteiger partial charge in [0.2, 0.25) is 0 Å². The molecule has 0 aliphatic heterocycles. The fourth-order valence-corrected chi connectivity index (χ4v) is 2.20. The summed E-state index contributed by atoms with van der Waals surface area (Å²) in [5.41, 5.74) is 1.33. The average molecular weight is 314 g/mol. The van der Waals surface area contributed by atoms with Crippen LogP contribution in [0.5, 0.6) is 0 Å². The van der Waals surface area contributed by atoms with Crippen molar-refractivity contribution in [2.24, 2.45) is 0 Å². The van der Waals surface area contributed by atoms with Crippen LogP contribution in [0.15, 0.2) is 53.1 Å². The molecule has 0 unspecified atom stereocenters. The van der Waals surface area contributed by atoms with Gasteiger partial charge in [-0.2, -0.15) is 0 Å². The maximum absolute atomic E-state index is 13.4. The monoisotopic (exact) mass is 314 g/mol. The summed E-state index contributed by atoms with van der Waals surface area (Å²) in [5.74, 6) is -0.990. The minimum Gasteiger partial charge on any atom is -0.360 e. The normalized spacial score (nSPS) is 10.6. The molecule has 0 bridgehead atoms. The first-order valence-electron chi connectivity index (χ1n) is 6.84. The molecule has 6 heteroatoms. The van der Waals surface area contributed by atoms with Crippen LogP contribution in [0.25, 0.3) is 11.3 Å². The van der Waals surface area contributed by atoms with Gasteiger partial charge in [-0.1, -0.05) is 17.3 Å². The topological polar surface area (TPSA) is 55.1 Å². The molecule has 0 saturated heterocycles. The Morgan fingerprint density at radius 1 is 1.09 bits per heavy atom. The molecular formula is C17H12F2N2O2. The summed E-state index contributed by atoms with van der Waals surface area (Å²) >= 11 is 0. The number of halogens is 2. The summed E-state index contributed by atoms with van der Waals surface area (Å²) in [7, 11) is 0. The fourth-order valence-electron chi connectivity index (χ4n) is 2.20. The van der Waals surface area contributed by atoms with E-state index in [1.54, 1.807) is 13.0 Å². The molecule has 0 aliphatic carbocycles. The summed E-state index contributed by atoms with van der Waals surface area (Å²) in [5, 5.41) is 6.48. The molecular weight excluding hydrogens is 302 g/mol. The van der Waals surface area contributed by atoms with Gasteiger partial charge in [0.05, 0.1) is 0 Å². The maximum Gasteiger partial charge on any atom is 0.261 e. The Labute approximate surface area is 130 Å². The first kappa shape index (κ1) is 14.9. The third-order valence-electron chi connectivity index (χ3n) is 3.29. The molecule has 0 radical (unpaired) electrons. The number of amides is 1. The number of carbonyl (C=O) groups excluding carboxylic acids is 1. The predicted octanol–water partition coefficient (Wildman–Crippen LogP) is 4.18. The smallest absolute Gasteiger partial charge is 0.261 e. The van der Waals surface area contributed by atoms with Gasteiger partial charge in [0.25, 0.3) is 5.91 Å². The standard InChI is InChI=1S/C17H12F2N2O2/c1-10-15(17(22)20-14-7-5-12(18)6-8-14)16(21-23-10)11-3-2-4-13(19)9-11/h2-9H,1H3,(H,20,22). The summed E-state index contributed by atoms with van der Waals surface area (Å²) in [6.07, 6.45) is 0. The average Bonchev–Trinajstić information content (AvgIpc) is 2.91. The van der Waals surface area contributed by atoms with Gasteiger partial charge in [0.15, 0.2) is 0 Å². The zero-order chi connectivity index (χ0) is 16.4. The molecule has 1 amide bonds. The summed E-state index contributed by atoms with van der Waals surface area (Å²) in [6, 6.07) is 11.1. The van der Waals surface area contributed by atoms with E-state index < -0.39 is 17.5 Å². The molecule has 1 N–H and O–H groups in total. The van der Waals surface area contributed by atoms with Gasteiger partial charge in [-0.05, 0) is 43.3 Å². The number of rotatable bonds is 3. The first-order valence-corrected chi connectivity index (χ1v) is 6.84. The van der Waals surface area contributed by atoms with Crippen molar-refractivity contribution in [3.8, 4) is 11.3 Å². The zero-order valence-electron chi connectivity index (χ0n) is 12.1. The third-order valence-corrected chi connectivity index (χ3v) is 3.29. The van der Waals surface area contributed by atoms with Crippen LogP contribution < -0.4 is 5.32 Å². The number of aromatic nitrogens is 1. The quantitative estimate of drug-likeness (QED) is 0.789. The Morgan fingerprint density at radius 3 is 2.52 bits per heavy atom. The molecule has 0 saturated carbocycles. The van der Waals surface area contributed by atoms with Gasteiger partial charge in [-0.25, -0.2) is 8.78 Å². The van der Waals surface area contributed by atoms with E-state index in [1.807, 2.05) is 0 Å². The van der Waals surface area contributed by atoms with E-state index in [0.717, 1.165) is 0 Å². The highest BCUT2D eigenvalue weighted by molar-refractivity contribution is 6.08. The number of carbonyl (C=O) groups is 1. The summed E-state index contributed by atoms with van der Waals surface area (Å²) in [6.45, 7) is 1.59.